The fraction of sp³-hybridized carbons (Fsp3) is 0.308. The molecule has 19 heavy (non-hydrogen) atoms. The van der Waals surface area contributed by atoms with Gasteiger partial charge in [-0.05, 0) is 30.6 Å². The van der Waals surface area contributed by atoms with E-state index < -0.39 is 23.8 Å². The Balaban J connectivity index is 2.33. The highest BCUT2D eigenvalue weighted by Crippen LogP contribution is 2.26. The summed E-state index contributed by atoms with van der Waals surface area (Å²) in [4.78, 5) is 36.4. The van der Waals surface area contributed by atoms with Crippen LogP contribution in [-0.4, -0.2) is 45.8 Å². The number of carbonyl (C=O) groups excluding carboxylic acids is 2. The van der Waals surface area contributed by atoms with Crippen molar-refractivity contribution in [2.24, 2.45) is 0 Å². The molecule has 0 unspecified atom stereocenters. The number of fused-ring (bicyclic) bond motifs is 1. The first-order valence-corrected chi connectivity index (χ1v) is 7.16. The maximum absolute atomic E-state index is 12.2. The first-order valence-electron chi connectivity index (χ1n) is 5.76. The molecule has 1 aromatic rings. The van der Waals surface area contributed by atoms with Crippen molar-refractivity contribution < 1.29 is 19.5 Å². The molecule has 1 aromatic carbocycles. The summed E-state index contributed by atoms with van der Waals surface area (Å²) in [7, 11) is 0. The van der Waals surface area contributed by atoms with Gasteiger partial charge >= 0.3 is 5.97 Å². The van der Waals surface area contributed by atoms with Crippen LogP contribution in [0.5, 0.6) is 0 Å². The van der Waals surface area contributed by atoms with Crippen molar-refractivity contribution in [2.45, 2.75) is 12.5 Å². The van der Waals surface area contributed by atoms with Crippen LogP contribution in [0.3, 0.4) is 0 Å². The maximum Gasteiger partial charge on any atom is 0.326 e. The zero-order chi connectivity index (χ0) is 14.0. The fourth-order valence-electron chi connectivity index (χ4n) is 2.08. The van der Waals surface area contributed by atoms with Gasteiger partial charge in [0.25, 0.3) is 11.8 Å². The highest BCUT2D eigenvalue weighted by Gasteiger charge is 2.42. The summed E-state index contributed by atoms with van der Waals surface area (Å²) in [5, 5.41) is 9.22. The summed E-state index contributed by atoms with van der Waals surface area (Å²) in [6, 6.07) is 5.31. The minimum atomic E-state index is -1.15. The number of benzene rings is 1. The average Bonchev–Trinajstić information content (AvgIpc) is 2.64. The van der Waals surface area contributed by atoms with Gasteiger partial charge in [-0.3, -0.25) is 14.5 Å². The number of amides is 2. The normalized spacial score (nSPS) is 15.5. The number of rotatable bonds is 5. The molecule has 1 N–H and O–H groups in total. The molecule has 2 amide bonds. The average molecular weight is 279 g/mol. The van der Waals surface area contributed by atoms with E-state index in [0.717, 1.165) is 4.90 Å². The summed E-state index contributed by atoms with van der Waals surface area (Å²) >= 11 is 1.48. The van der Waals surface area contributed by atoms with Gasteiger partial charge in [-0.1, -0.05) is 12.1 Å². The smallest absolute Gasteiger partial charge is 0.326 e. The van der Waals surface area contributed by atoms with E-state index in [1.54, 1.807) is 24.3 Å². The van der Waals surface area contributed by atoms with Gasteiger partial charge in [-0.2, -0.15) is 11.8 Å². The van der Waals surface area contributed by atoms with Crippen molar-refractivity contribution in [3.8, 4) is 0 Å². The Morgan fingerprint density at radius 2 is 1.79 bits per heavy atom. The van der Waals surface area contributed by atoms with Gasteiger partial charge in [0.05, 0.1) is 11.1 Å². The summed E-state index contributed by atoms with van der Waals surface area (Å²) in [6.45, 7) is 0. The molecule has 0 saturated heterocycles. The van der Waals surface area contributed by atoms with Gasteiger partial charge < -0.3 is 5.11 Å². The molecule has 0 radical (unpaired) electrons. The molecule has 1 aliphatic rings. The van der Waals surface area contributed by atoms with Crippen molar-refractivity contribution in [3.05, 3.63) is 35.4 Å². The van der Waals surface area contributed by atoms with Gasteiger partial charge in [0.15, 0.2) is 0 Å². The van der Waals surface area contributed by atoms with E-state index in [1.165, 1.54) is 11.8 Å². The molecular formula is C13H13NO4S. The lowest BCUT2D eigenvalue weighted by Crippen LogP contribution is -2.45. The standard InChI is InChI=1S/C13H13NO4S/c1-19-7-6-10(13(17)18)14-11(15)8-4-2-3-5-9(8)12(14)16/h2-5,10H,6-7H2,1H3,(H,17,18)/t10-/m0/s1. The van der Waals surface area contributed by atoms with Crippen LogP contribution in [0.25, 0.3) is 0 Å². The second-order valence-electron chi connectivity index (χ2n) is 4.16. The molecule has 0 aromatic heterocycles. The van der Waals surface area contributed by atoms with Crippen LogP contribution in [0, 0.1) is 0 Å². The predicted molar refractivity (Wildman–Crippen MR) is 71.4 cm³/mol. The number of thioether (sulfide) groups is 1. The number of carboxylic acid groups (broad SMARTS) is 1. The summed E-state index contributed by atoms with van der Waals surface area (Å²) < 4.78 is 0. The Morgan fingerprint density at radius 3 is 2.21 bits per heavy atom. The van der Waals surface area contributed by atoms with Gasteiger partial charge in [0.1, 0.15) is 6.04 Å². The summed E-state index contributed by atoms with van der Waals surface area (Å²) in [5.74, 6) is -1.61. The van der Waals surface area contributed by atoms with E-state index in [1.807, 2.05) is 6.26 Å². The molecule has 100 valence electrons. The third-order valence-corrected chi connectivity index (χ3v) is 3.66. The molecular weight excluding hydrogens is 266 g/mol. The first-order chi connectivity index (χ1) is 9.07. The number of hydrogen-bond donors (Lipinski definition) is 1. The van der Waals surface area contributed by atoms with Gasteiger partial charge in [-0.15, -0.1) is 0 Å². The molecule has 0 saturated carbocycles. The molecule has 1 heterocycles. The minimum Gasteiger partial charge on any atom is -0.480 e. The Morgan fingerprint density at radius 1 is 1.26 bits per heavy atom. The van der Waals surface area contributed by atoms with Crippen molar-refractivity contribution in [1.82, 2.24) is 4.90 Å². The molecule has 5 nitrogen and oxygen atoms in total. The predicted octanol–water partition coefficient (Wildman–Crippen LogP) is 1.49. The van der Waals surface area contributed by atoms with Crippen molar-refractivity contribution in [3.63, 3.8) is 0 Å². The zero-order valence-electron chi connectivity index (χ0n) is 10.3. The van der Waals surface area contributed by atoms with Gasteiger partial charge in [0, 0.05) is 0 Å². The first kappa shape index (κ1) is 13.6. The van der Waals surface area contributed by atoms with Crippen molar-refractivity contribution >= 4 is 29.5 Å². The number of imide groups is 1. The van der Waals surface area contributed by atoms with Crippen molar-refractivity contribution in [2.75, 3.05) is 12.0 Å². The number of nitrogens with zero attached hydrogens (tertiary/aromatic N) is 1. The Labute approximate surface area is 114 Å². The van der Waals surface area contributed by atoms with Gasteiger partial charge in [-0.25, -0.2) is 4.79 Å². The maximum atomic E-state index is 12.2. The van der Waals surface area contributed by atoms with Crippen LogP contribution >= 0.6 is 11.8 Å². The lowest BCUT2D eigenvalue weighted by atomic mass is 10.1. The number of aliphatic carboxylic acids is 1. The highest BCUT2D eigenvalue weighted by atomic mass is 32.2. The van der Waals surface area contributed by atoms with E-state index in [9.17, 15) is 19.5 Å². The van der Waals surface area contributed by atoms with Gasteiger partial charge in [0.2, 0.25) is 0 Å². The second-order valence-corrected chi connectivity index (χ2v) is 5.15. The lowest BCUT2D eigenvalue weighted by molar-refractivity contribution is -0.141. The number of carboxylic acids is 1. The van der Waals surface area contributed by atoms with Crippen LogP contribution in [0.15, 0.2) is 24.3 Å². The van der Waals surface area contributed by atoms with E-state index in [2.05, 4.69) is 0 Å². The summed E-state index contributed by atoms with van der Waals surface area (Å²) in [6.07, 6.45) is 2.10. The van der Waals surface area contributed by atoms with Crippen LogP contribution in [0.2, 0.25) is 0 Å². The second kappa shape index (κ2) is 5.44. The number of hydrogen-bond acceptors (Lipinski definition) is 4. The van der Waals surface area contributed by atoms with E-state index in [-0.39, 0.29) is 17.5 Å². The van der Waals surface area contributed by atoms with E-state index in [0.29, 0.717) is 5.75 Å². The topological polar surface area (TPSA) is 74.7 Å². The zero-order valence-corrected chi connectivity index (χ0v) is 11.1. The van der Waals surface area contributed by atoms with Crippen LogP contribution in [0.4, 0.5) is 0 Å². The molecule has 0 spiro atoms. The van der Waals surface area contributed by atoms with E-state index in [4.69, 9.17) is 0 Å². The summed E-state index contributed by atoms with van der Waals surface area (Å²) in [5.41, 5.74) is 0.561. The lowest BCUT2D eigenvalue weighted by Gasteiger charge is -2.22. The highest BCUT2D eigenvalue weighted by molar-refractivity contribution is 7.98. The Bertz CT molecular complexity index is 508. The van der Waals surface area contributed by atoms with Crippen LogP contribution < -0.4 is 0 Å². The monoisotopic (exact) mass is 279 g/mol. The fourth-order valence-corrected chi connectivity index (χ4v) is 2.54. The SMILES string of the molecule is CSCC[C@@H](C(=O)O)N1C(=O)c2ccccc2C1=O. The quantitative estimate of drug-likeness (QED) is 0.826. The molecule has 0 fully saturated rings. The Kier molecular flexibility index (Phi) is 3.90. The molecule has 1 atom stereocenters. The van der Waals surface area contributed by atoms with Crippen LogP contribution in [-0.2, 0) is 4.79 Å². The molecule has 0 bridgehead atoms. The number of carbonyl (C=O) groups is 3. The van der Waals surface area contributed by atoms with Crippen molar-refractivity contribution in [1.29, 1.82) is 0 Å². The minimum absolute atomic E-state index is 0.252. The largest absolute Gasteiger partial charge is 0.480 e. The molecule has 6 heteroatoms. The van der Waals surface area contributed by atoms with Crippen LogP contribution in [0.1, 0.15) is 27.1 Å². The molecule has 1 aliphatic heterocycles. The third kappa shape index (κ3) is 2.35. The molecule has 0 aliphatic carbocycles. The third-order valence-electron chi connectivity index (χ3n) is 3.02. The Hall–Kier alpha value is -1.82. The molecule has 2 rings (SSSR count). The van der Waals surface area contributed by atoms with E-state index >= 15 is 0 Å².